The maximum Gasteiger partial charge on any atom is 0.287 e. The molecule has 2 N–H and O–H groups in total. The zero-order chi connectivity index (χ0) is 27.4. The average Bonchev–Trinajstić information content (AvgIpc) is 3.34. The largest absolute Gasteiger partial charge is 0.451 e. The Balaban J connectivity index is 1.06. The van der Waals surface area contributed by atoms with Crippen molar-refractivity contribution >= 4 is 22.8 Å². The van der Waals surface area contributed by atoms with E-state index in [-0.39, 0.29) is 28.7 Å². The fourth-order valence-corrected chi connectivity index (χ4v) is 5.17. The van der Waals surface area contributed by atoms with Crippen LogP contribution < -0.4 is 16.1 Å². The summed E-state index contributed by atoms with van der Waals surface area (Å²) in [6.45, 7) is 4.60. The third-order valence-electron chi connectivity index (χ3n) is 7.39. The van der Waals surface area contributed by atoms with E-state index >= 15 is 0 Å². The third kappa shape index (κ3) is 6.88. The summed E-state index contributed by atoms with van der Waals surface area (Å²) >= 11 is 0. The van der Waals surface area contributed by atoms with Gasteiger partial charge < -0.3 is 15.1 Å². The SMILES string of the molecule is O=C(NCCN1CC[C@@H](F)C1)c1ccc(CN2CCC(NC(=O)c3cc(=O)c4ccc(F)cc4o3)CC2)cc1. The summed E-state index contributed by atoms with van der Waals surface area (Å²) < 4.78 is 32.3. The van der Waals surface area contributed by atoms with E-state index in [1.165, 1.54) is 12.1 Å². The molecule has 3 aromatic rings. The number of hydrogen-bond donors (Lipinski definition) is 2. The topological polar surface area (TPSA) is 94.9 Å². The predicted molar refractivity (Wildman–Crippen MR) is 143 cm³/mol. The molecule has 2 saturated heterocycles. The first-order valence-corrected chi connectivity index (χ1v) is 13.3. The molecule has 1 aromatic heterocycles. The second kappa shape index (κ2) is 12.0. The highest BCUT2D eigenvalue weighted by Crippen LogP contribution is 2.17. The van der Waals surface area contributed by atoms with Crippen molar-refractivity contribution in [1.82, 2.24) is 20.4 Å². The number of hydrogen-bond acceptors (Lipinski definition) is 6. The van der Waals surface area contributed by atoms with Gasteiger partial charge in [-0.15, -0.1) is 0 Å². The van der Waals surface area contributed by atoms with Gasteiger partial charge in [0.1, 0.15) is 17.6 Å². The highest BCUT2D eigenvalue weighted by molar-refractivity contribution is 5.94. The first kappa shape index (κ1) is 27.0. The Kier molecular flexibility index (Phi) is 8.33. The van der Waals surface area contributed by atoms with E-state index < -0.39 is 23.3 Å². The number of alkyl halides is 1. The Hall–Kier alpha value is -3.63. The van der Waals surface area contributed by atoms with E-state index in [0.29, 0.717) is 31.6 Å². The Morgan fingerprint density at radius 2 is 1.69 bits per heavy atom. The van der Waals surface area contributed by atoms with E-state index in [1.54, 1.807) is 0 Å². The number of nitrogens with one attached hydrogen (secondary N) is 2. The number of carbonyl (C=O) groups excluding carboxylic acids is 2. The first-order chi connectivity index (χ1) is 18.8. The van der Waals surface area contributed by atoms with Gasteiger partial charge in [-0.2, -0.15) is 0 Å². The molecular weight excluding hydrogens is 506 g/mol. The third-order valence-corrected chi connectivity index (χ3v) is 7.39. The lowest BCUT2D eigenvalue weighted by molar-refractivity contribution is 0.0880. The number of rotatable bonds is 8. The van der Waals surface area contributed by atoms with Gasteiger partial charge in [0.05, 0.1) is 5.39 Å². The molecule has 1 atom stereocenters. The Morgan fingerprint density at radius 3 is 2.41 bits per heavy atom. The zero-order valence-corrected chi connectivity index (χ0v) is 21.6. The van der Waals surface area contributed by atoms with Crippen LogP contribution in [0.3, 0.4) is 0 Å². The van der Waals surface area contributed by atoms with Crippen LogP contribution in [-0.4, -0.2) is 73.1 Å². The van der Waals surface area contributed by atoms with E-state index in [2.05, 4.69) is 15.5 Å². The fourth-order valence-electron chi connectivity index (χ4n) is 5.17. The van der Waals surface area contributed by atoms with Gasteiger partial charge in [-0.3, -0.25) is 24.2 Å². The number of nitrogens with zero attached hydrogens (tertiary/aromatic N) is 2. The number of amides is 2. The summed E-state index contributed by atoms with van der Waals surface area (Å²) in [5.41, 5.74) is 1.33. The number of carbonyl (C=O) groups is 2. The van der Waals surface area contributed by atoms with Crippen LogP contribution >= 0.6 is 0 Å². The molecule has 0 aliphatic carbocycles. The van der Waals surface area contributed by atoms with Gasteiger partial charge in [-0.25, -0.2) is 8.78 Å². The summed E-state index contributed by atoms with van der Waals surface area (Å²) in [5, 5.41) is 6.05. The van der Waals surface area contributed by atoms with Crippen molar-refractivity contribution in [3.8, 4) is 0 Å². The molecule has 0 spiro atoms. The number of benzene rings is 2. The van der Waals surface area contributed by atoms with Gasteiger partial charge in [0, 0.05) is 69.6 Å². The summed E-state index contributed by atoms with van der Waals surface area (Å²) in [5.74, 6) is -1.30. The first-order valence-electron chi connectivity index (χ1n) is 13.3. The minimum absolute atomic E-state index is 0.0457. The number of halogens is 2. The molecule has 39 heavy (non-hydrogen) atoms. The standard InChI is InChI=1S/C29H32F2N4O4/c30-21-5-6-24-25(36)16-27(39-26(24)15-21)29(38)33-23-8-12-34(13-9-23)17-19-1-3-20(4-2-19)28(37)32-10-14-35-11-7-22(31)18-35/h1-6,15-16,22-23H,7-14,17-18H2,(H,32,37)(H,33,38)/t22-/m1/s1. The van der Waals surface area contributed by atoms with Crippen LogP contribution in [-0.2, 0) is 6.54 Å². The number of likely N-dealkylation sites (tertiary alicyclic amines) is 2. The van der Waals surface area contributed by atoms with Gasteiger partial charge in [0.15, 0.2) is 11.2 Å². The van der Waals surface area contributed by atoms with Crippen molar-refractivity contribution in [2.45, 2.75) is 38.0 Å². The minimum atomic E-state index is -0.759. The molecule has 2 aromatic carbocycles. The molecule has 0 bridgehead atoms. The van der Waals surface area contributed by atoms with Crippen molar-refractivity contribution in [2.75, 3.05) is 39.3 Å². The zero-order valence-electron chi connectivity index (χ0n) is 21.6. The summed E-state index contributed by atoms with van der Waals surface area (Å²) in [6.07, 6.45) is 1.28. The molecule has 2 amide bonds. The summed E-state index contributed by atoms with van der Waals surface area (Å²) in [6, 6.07) is 12.2. The van der Waals surface area contributed by atoms with E-state index in [1.807, 2.05) is 29.2 Å². The van der Waals surface area contributed by atoms with E-state index in [0.717, 1.165) is 56.7 Å². The van der Waals surface area contributed by atoms with E-state index in [9.17, 15) is 23.2 Å². The van der Waals surface area contributed by atoms with Crippen molar-refractivity contribution < 1.29 is 22.8 Å². The summed E-state index contributed by atoms with van der Waals surface area (Å²) in [7, 11) is 0. The van der Waals surface area contributed by atoms with Crippen LogP contribution in [0.5, 0.6) is 0 Å². The van der Waals surface area contributed by atoms with Crippen LogP contribution in [0.4, 0.5) is 8.78 Å². The average molecular weight is 539 g/mol. The number of piperidine rings is 1. The van der Waals surface area contributed by atoms with Gasteiger partial charge >= 0.3 is 0 Å². The lowest BCUT2D eigenvalue weighted by atomic mass is 10.0. The maximum atomic E-state index is 13.5. The van der Waals surface area contributed by atoms with Gasteiger partial charge in [-0.1, -0.05) is 12.1 Å². The van der Waals surface area contributed by atoms with Crippen molar-refractivity contribution in [3.05, 3.63) is 81.5 Å². The molecule has 0 saturated carbocycles. The van der Waals surface area contributed by atoms with Gasteiger partial charge in [-0.05, 0) is 49.1 Å². The monoisotopic (exact) mass is 538 g/mol. The van der Waals surface area contributed by atoms with Crippen LogP contribution in [0, 0.1) is 5.82 Å². The molecule has 10 heteroatoms. The lowest BCUT2D eigenvalue weighted by Crippen LogP contribution is -2.44. The minimum Gasteiger partial charge on any atom is -0.451 e. The molecule has 206 valence electrons. The second-order valence-corrected chi connectivity index (χ2v) is 10.3. The Bertz CT molecular complexity index is 1390. The quantitative estimate of drug-likeness (QED) is 0.458. The molecular formula is C29H32F2N4O4. The van der Waals surface area contributed by atoms with Crippen molar-refractivity contribution in [1.29, 1.82) is 0 Å². The fraction of sp³-hybridized carbons (Fsp3) is 0.414. The van der Waals surface area contributed by atoms with Crippen molar-refractivity contribution in [3.63, 3.8) is 0 Å². The molecule has 2 aliphatic heterocycles. The van der Waals surface area contributed by atoms with E-state index in [4.69, 9.17) is 4.42 Å². The van der Waals surface area contributed by atoms with Crippen LogP contribution in [0.25, 0.3) is 11.0 Å². The second-order valence-electron chi connectivity index (χ2n) is 10.3. The normalized spacial score (nSPS) is 18.9. The Labute approximate surface area is 225 Å². The lowest BCUT2D eigenvalue weighted by Gasteiger charge is -2.32. The molecule has 0 unspecified atom stereocenters. The van der Waals surface area contributed by atoms with Gasteiger partial charge in [0.25, 0.3) is 11.8 Å². The van der Waals surface area contributed by atoms with Crippen LogP contribution in [0.1, 0.15) is 45.7 Å². The summed E-state index contributed by atoms with van der Waals surface area (Å²) in [4.78, 5) is 41.7. The maximum absolute atomic E-state index is 13.5. The highest BCUT2D eigenvalue weighted by atomic mass is 19.1. The van der Waals surface area contributed by atoms with Gasteiger partial charge in [0.2, 0.25) is 0 Å². The van der Waals surface area contributed by atoms with Crippen LogP contribution in [0.2, 0.25) is 0 Å². The van der Waals surface area contributed by atoms with Crippen molar-refractivity contribution in [2.24, 2.45) is 0 Å². The number of fused-ring (bicyclic) bond motifs is 1. The Morgan fingerprint density at radius 1 is 0.949 bits per heavy atom. The molecule has 5 rings (SSSR count). The molecule has 3 heterocycles. The highest BCUT2D eigenvalue weighted by Gasteiger charge is 2.23. The smallest absolute Gasteiger partial charge is 0.287 e. The predicted octanol–water partition coefficient (Wildman–Crippen LogP) is 3.10. The molecule has 0 radical (unpaired) electrons. The molecule has 2 fully saturated rings. The van der Waals surface area contributed by atoms with Crippen LogP contribution in [0.15, 0.2) is 57.7 Å². The molecule has 8 nitrogen and oxygen atoms in total. The molecule has 2 aliphatic rings.